The van der Waals surface area contributed by atoms with Crippen molar-refractivity contribution in [3.63, 3.8) is 0 Å². The van der Waals surface area contributed by atoms with Crippen molar-refractivity contribution >= 4 is 5.84 Å². The molecule has 6 nitrogen and oxygen atoms in total. The molecule has 0 spiro atoms. The Morgan fingerprint density at radius 3 is 2.61 bits per heavy atom. The summed E-state index contributed by atoms with van der Waals surface area (Å²) in [6.45, 7) is 6.36. The van der Waals surface area contributed by atoms with Gasteiger partial charge in [-0.1, -0.05) is 19.0 Å². The minimum Gasteiger partial charge on any atom is -0.409 e. The molecule has 18 heavy (non-hydrogen) atoms. The average molecular weight is 259 g/mol. The van der Waals surface area contributed by atoms with Crippen molar-refractivity contribution in [2.75, 3.05) is 26.3 Å². The number of amidine groups is 1. The Kier molecular flexibility index (Phi) is 5.37. The normalized spacial score (nSPS) is 20.9. The van der Waals surface area contributed by atoms with E-state index in [1.807, 2.05) is 13.8 Å². The Hall–Kier alpha value is -0.850. The summed E-state index contributed by atoms with van der Waals surface area (Å²) in [5.74, 6) is 0.231. The molecular weight excluding hydrogens is 234 g/mol. The smallest absolute Gasteiger partial charge is 0.144 e. The zero-order chi connectivity index (χ0) is 13.6. The third-order valence-corrected chi connectivity index (χ3v) is 3.61. The Morgan fingerprint density at radius 1 is 1.44 bits per heavy atom. The zero-order valence-corrected chi connectivity index (χ0v) is 11.3. The molecule has 1 heterocycles. The summed E-state index contributed by atoms with van der Waals surface area (Å²) in [6, 6.07) is 0. The molecule has 0 bridgehead atoms. The van der Waals surface area contributed by atoms with Crippen molar-refractivity contribution in [2.24, 2.45) is 16.3 Å². The van der Waals surface area contributed by atoms with Crippen LogP contribution in [-0.2, 0) is 4.74 Å². The van der Waals surface area contributed by atoms with E-state index < -0.39 is 5.60 Å². The van der Waals surface area contributed by atoms with Crippen LogP contribution in [0.3, 0.4) is 0 Å². The van der Waals surface area contributed by atoms with E-state index >= 15 is 0 Å². The van der Waals surface area contributed by atoms with Crippen molar-refractivity contribution in [1.29, 1.82) is 0 Å². The van der Waals surface area contributed by atoms with Gasteiger partial charge in [0.05, 0.1) is 5.60 Å². The SMILES string of the molecule is CC(C)(CCNCC1(O)CCOCC1)C(N)=NO. The van der Waals surface area contributed by atoms with Crippen LogP contribution in [0.5, 0.6) is 0 Å². The minimum atomic E-state index is -0.654. The van der Waals surface area contributed by atoms with E-state index in [0.717, 1.165) is 6.42 Å². The van der Waals surface area contributed by atoms with Crippen LogP contribution in [0.15, 0.2) is 5.16 Å². The molecule has 0 amide bonds. The van der Waals surface area contributed by atoms with Crippen LogP contribution in [0.25, 0.3) is 0 Å². The quantitative estimate of drug-likeness (QED) is 0.180. The second-order valence-electron chi connectivity index (χ2n) is 5.63. The summed E-state index contributed by atoms with van der Waals surface area (Å²) in [5.41, 5.74) is 4.61. The zero-order valence-electron chi connectivity index (χ0n) is 11.3. The van der Waals surface area contributed by atoms with E-state index in [4.69, 9.17) is 15.7 Å². The summed E-state index contributed by atoms with van der Waals surface area (Å²) in [7, 11) is 0. The highest BCUT2D eigenvalue weighted by atomic mass is 16.5. The minimum absolute atomic E-state index is 0.231. The number of nitrogens with one attached hydrogen (secondary N) is 1. The lowest BCUT2D eigenvalue weighted by atomic mass is 9.88. The van der Waals surface area contributed by atoms with Gasteiger partial charge in [-0.05, 0) is 13.0 Å². The van der Waals surface area contributed by atoms with Crippen molar-refractivity contribution in [1.82, 2.24) is 5.32 Å². The monoisotopic (exact) mass is 259 g/mol. The first-order chi connectivity index (χ1) is 8.40. The Labute approximate surface area is 108 Å². The molecule has 1 fully saturated rings. The second kappa shape index (κ2) is 6.36. The third kappa shape index (κ3) is 4.44. The van der Waals surface area contributed by atoms with Gasteiger partial charge in [-0.2, -0.15) is 0 Å². The highest BCUT2D eigenvalue weighted by Gasteiger charge is 2.29. The van der Waals surface area contributed by atoms with Gasteiger partial charge in [0.25, 0.3) is 0 Å². The molecule has 1 aliphatic rings. The maximum Gasteiger partial charge on any atom is 0.144 e. The Morgan fingerprint density at radius 2 is 2.06 bits per heavy atom. The summed E-state index contributed by atoms with van der Waals surface area (Å²) in [4.78, 5) is 0. The number of hydrogen-bond donors (Lipinski definition) is 4. The molecular formula is C12H25N3O3. The van der Waals surface area contributed by atoms with E-state index in [1.165, 1.54) is 0 Å². The van der Waals surface area contributed by atoms with Crippen LogP contribution in [0, 0.1) is 5.41 Å². The van der Waals surface area contributed by atoms with Gasteiger partial charge in [0.15, 0.2) is 0 Å². The molecule has 0 atom stereocenters. The lowest BCUT2D eigenvalue weighted by Crippen LogP contribution is -2.46. The van der Waals surface area contributed by atoms with Crippen LogP contribution >= 0.6 is 0 Å². The molecule has 1 saturated heterocycles. The summed E-state index contributed by atoms with van der Waals surface area (Å²) in [6.07, 6.45) is 2.09. The van der Waals surface area contributed by atoms with Crippen molar-refractivity contribution in [3.05, 3.63) is 0 Å². The fourth-order valence-electron chi connectivity index (χ4n) is 1.91. The highest BCUT2D eigenvalue weighted by molar-refractivity contribution is 5.85. The molecule has 5 N–H and O–H groups in total. The number of hydrogen-bond acceptors (Lipinski definition) is 5. The molecule has 0 radical (unpaired) electrons. The van der Waals surface area contributed by atoms with Gasteiger partial charge in [-0.3, -0.25) is 0 Å². The Bertz CT molecular complexity index is 286. The number of nitrogens with zero attached hydrogens (tertiary/aromatic N) is 1. The maximum absolute atomic E-state index is 10.2. The molecule has 6 heteroatoms. The van der Waals surface area contributed by atoms with E-state index in [2.05, 4.69) is 10.5 Å². The van der Waals surface area contributed by atoms with Crippen LogP contribution in [0.2, 0.25) is 0 Å². The molecule has 1 aliphatic heterocycles. The standard InChI is InChI=1S/C12H25N3O3/c1-11(2,10(13)15-17)3-6-14-9-12(16)4-7-18-8-5-12/h14,16-17H,3-9H2,1-2H3,(H2,13,15). The first-order valence-electron chi connectivity index (χ1n) is 6.38. The fraction of sp³-hybridized carbons (Fsp3) is 0.917. The van der Waals surface area contributed by atoms with Crippen molar-refractivity contribution in [2.45, 2.75) is 38.7 Å². The van der Waals surface area contributed by atoms with Gasteiger partial charge in [-0.25, -0.2) is 0 Å². The predicted octanol–water partition coefficient (Wildman–Crippen LogP) is 0.280. The van der Waals surface area contributed by atoms with Crippen molar-refractivity contribution in [3.8, 4) is 0 Å². The number of oxime groups is 1. The second-order valence-corrected chi connectivity index (χ2v) is 5.63. The summed E-state index contributed by atoms with van der Waals surface area (Å²) in [5, 5.41) is 25.2. The lowest BCUT2D eigenvalue weighted by Gasteiger charge is -2.32. The van der Waals surface area contributed by atoms with Gasteiger partial charge in [-0.15, -0.1) is 0 Å². The maximum atomic E-state index is 10.2. The number of nitrogens with two attached hydrogens (primary N) is 1. The average Bonchev–Trinajstić information content (AvgIpc) is 2.34. The molecule has 0 saturated carbocycles. The summed E-state index contributed by atoms with van der Waals surface area (Å²) < 4.78 is 5.22. The van der Waals surface area contributed by atoms with E-state index in [-0.39, 0.29) is 11.3 Å². The molecule has 106 valence electrons. The largest absolute Gasteiger partial charge is 0.409 e. The van der Waals surface area contributed by atoms with Crippen LogP contribution in [0.1, 0.15) is 33.1 Å². The van der Waals surface area contributed by atoms with Gasteiger partial charge in [0.2, 0.25) is 0 Å². The van der Waals surface area contributed by atoms with Gasteiger partial charge < -0.3 is 26.1 Å². The number of ether oxygens (including phenoxy) is 1. The fourth-order valence-corrected chi connectivity index (χ4v) is 1.91. The number of rotatable bonds is 6. The molecule has 0 aromatic heterocycles. The van der Waals surface area contributed by atoms with Crippen LogP contribution in [0.4, 0.5) is 0 Å². The molecule has 0 unspecified atom stereocenters. The van der Waals surface area contributed by atoms with Gasteiger partial charge >= 0.3 is 0 Å². The molecule has 0 aromatic carbocycles. The van der Waals surface area contributed by atoms with Crippen LogP contribution in [-0.4, -0.2) is 48.1 Å². The van der Waals surface area contributed by atoms with Gasteiger partial charge in [0.1, 0.15) is 5.84 Å². The predicted molar refractivity (Wildman–Crippen MR) is 69.7 cm³/mol. The van der Waals surface area contributed by atoms with E-state index in [1.54, 1.807) is 0 Å². The van der Waals surface area contributed by atoms with Crippen LogP contribution < -0.4 is 11.1 Å². The van der Waals surface area contributed by atoms with Gasteiger partial charge in [0, 0.05) is 38.0 Å². The lowest BCUT2D eigenvalue weighted by molar-refractivity contribution is -0.0615. The highest BCUT2D eigenvalue weighted by Crippen LogP contribution is 2.21. The summed E-state index contributed by atoms with van der Waals surface area (Å²) >= 11 is 0. The molecule has 0 aliphatic carbocycles. The first-order valence-corrected chi connectivity index (χ1v) is 6.38. The topological polar surface area (TPSA) is 100 Å². The van der Waals surface area contributed by atoms with Crippen molar-refractivity contribution < 1.29 is 15.1 Å². The van der Waals surface area contributed by atoms with E-state index in [0.29, 0.717) is 39.1 Å². The first kappa shape index (κ1) is 15.2. The van der Waals surface area contributed by atoms with E-state index in [9.17, 15) is 5.11 Å². The Balaban J connectivity index is 2.26. The molecule has 0 aromatic rings. The molecule has 1 rings (SSSR count). The number of aliphatic hydroxyl groups is 1. The third-order valence-electron chi connectivity index (χ3n) is 3.61.